The van der Waals surface area contributed by atoms with Crippen molar-refractivity contribution in [1.29, 1.82) is 0 Å². The van der Waals surface area contributed by atoms with E-state index >= 15 is 0 Å². The molecular weight excluding hydrogens is 256 g/mol. The predicted octanol–water partition coefficient (Wildman–Crippen LogP) is 2.65. The zero-order chi connectivity index (χ0) is 15.0. The third kappa shape index (κ3) is 2.23. The fraction of sp³-hybridized carbons (Fsp3) is 0.562. The van der Waals surface area contributed by atoms with E-state index in [0.29, 0.717) is 5.92 Å². The summed E-state index contributed by atoms with van der Waals surface area (Å²) in [6, 6.07) is 8.11. The van der Waals surface area contributed by atoms with Gasteiger partial charge in [0.2, 0.25) is 0 Å². The van der Waals surface area contributed by atoms with Crippen LogP contribution < -0.4 is 0 Å². The Morgan fingerprint density at radius 1 is 1.25 bits per heavy atom. The van der Waals surface area contributed by atoms with E-state index < -0.39 is 17.4 Å². The van der Waals surface area contributed by atoms with Crippen molar-refractivity contribution in [2.75, 3.05) is 14.2 Å². The number of ether oxygens (including phenoxy) is 3. The van der Waals surface area contributed by atoms with E-state index in [1.807, 2.05) is 19.1 Å². The van der Waals surface area contributed by atoms with Crippen molar-refractivity contribution in [2.45, 2.75) is 38.6 Å². The fourth-order valence-corrected chi connectivity index (χ4v) is 2.63. The zero-order valence-corrected chi connectivity index (χ0v) is 12.7. The van der Waals surface area contributed by atoms with Crippen molar-refractivity contribution >= 4 is 5.97 Å². The van der Waals surface area contributed by atoms with Crippen molar-refractivity contribution in [3.05, 3.63) is 35.4 Å². The van der Waals surface area contributed by atoms with Crippen LogP contribution >= 0.6 is 0 Å². The Morgan fingerprint density at radius 2 is 1.85 bits per heavy atom. The van der Waals surface area contributed by atoms with Gasteiger partial charge in [0, 0.05) is 7.11 Å². The first-order chi connectivity index (χ1) is 9.39. The number of carbonyl (C=O) groups is 1. The molecule has 2 atom stereocenters. The van der Waals surface area contributed by atoms with Crippen molar-refractivity contribution in [1.82, 2.24) is 0 Å². The van der Waals surface area contributed by atoms with Crippen LogP contribution in [0.25, 0.3) is 0 Å². The van der Waals surface area contributed by atoms with Crippen LogP contribution in [0.5, 0.6) is 0 Å². The summed E-state index contributed by atoms with van der Waals surface area (Å²) in [6.07, 6.45) is 1.03. The van der Waals surface area contributed by atoms with Gasteiger partial charge in [-0.3, -0.25) is 0 Å². The lowest BCUT2D eigenvalue weighted by Gasteiger charge is -2.14. The van der Waals surface area contributed by atoms with Crippen molar-refractivity contribution in [3.8, 4) is 0 Å². The molecule has 1 aliphatic rings. The van der Waals surface area contributed by atoms with Crippen LogP contribution in [0.4, 0.5) is 0 Å². The van der Waals surface area contributed by atoms with Crippen LogP contribution in [0.1, 0.15) is 31.9 Å². The number of carbonyl (C=O) groups excluding carboxylic acids is 1. The standard InChI is InChI=1S/C16H22O4/c1-11(2)10-12-6-8-13(9-7-12)15(3)16(19-5,20-15)14(17)18-4/h6-9,11H,10H2,1-5H3. The molecule has 2 rings (SSSR count). The molecule has 1 saturated heterocycles. The number of hydrogen-bond donors (Lipinski definition) is 0. The minimum absolute atomic E-state index is 0.506. The molecule has 0 bridgehead atoms. The molecule has 0 aliphatic carbocycles. The minimum Gasteiger partial charge on any atom is -0.465 e. The topological polar surface area (TPSA) is 48.1 Å². The average Bonchev–Trinajstić information content (AvgIpc) is 3.06. The van der Waals surface area contributed by atoms with Gasteiger partial charge in [-0.25, -0.2) is 4.79 Å². The summed E-state index contributed by atoms with van der Waals surface area (Å²) < 4.78 is 15.6. The number of rotatable bonds is 5. The molecule has 0 radical (unpaired) electrons. The van der Waals surface area contributed by atoms with E-state index in [-0.39, 0.29) is 0 Å². The Balaban J connectivity index is 2.22. The quantitative estimate of drug-likeness (QED) is 0.613. The van der Waals surface area contributed by atoms with Crippen molar-refractivity contribution in [3.63, 3.8) is 0 Å². The first-order valence-corrected chi connectivity index (χ1v) is 6.82. The second-order valence-electron chi connectivity index (χ2n) is 5.74. The molecule has 1 fully saturated rings. The van der Waals surface area contributed by atoms with Gasteiger partial charge in [0.15, 0.2) is 5.60 Å². The maximum absolute atomic E-state index is 11.9. The summed E-state index contributed by atoms with van der Waals surface area (Å²) in [6.45, 7) is 6.21. The Kier molecular flexibility index (Phi) is 3.89. The second-order valence-corrected chi connectivity index (χ2v) is 5.74. The van der Waals surface area contributed by atoms with Gasteiger partial charge in [-0.05, 0) is 30.4 Å². The zero-order valence-electron chi connectivity index (χ0n) is 12.7. The smallest absolute Gasteiger partial charge is 0.370 e. The molecule has 0 spiro atoms. The third-order valence-electron chi connectivity index (χ3n) is 3.82. The van der Waals surface area contributed by atoms with E-state index in [1.165, 1.54) is 19.8 Å². The molecule has 0 aromatic heterocycles. The van der Waals surface area contributed by atoms with Gasteiger partial charge in [-0.1, -0.05) is 38.1 Å². The maximum atomic E-state index is 11.9. The maximum Gasteiger partial charge on any atom is 0.370 e. The average molecular weight is 278 g/mol. The number of epoxide rings is 1. The Morgan fingerprint density at radius 3 is 2.30 bits per heavy atom. The second kappa shape index (κ2) is 5.19. The lowest BCUT2D eigenvalue weighted by Crippen LogP contribution is -2.34. The third-order valence-corrected chi connectivity index (χ3v) is 3.82. The molecule has 110 valence electrons. The van der Waals surface area contributed by atoms with Gasteiger partial charge >= 0.3 is 11.8 Å². The SMILES string of the molecule is COC(=O)C1(OC)OC1(C)c1ccc(CC(C)C)cc1. The fourth-order valence-electron chi connectivity index (χ4n) is 2.63. The molecule has 1 heterocycles. The van der Waals surface area contributed by atoms with Gasteiger partial charge in [0.05, 0.1) is 7.11 Å². The summed E-state index contributed by atoms with van der Waals surface area (Å²) in [5, 5.41) is 0. The van der Waals surface area contributed by atoms with E-state index in [4.69, 9.17) is 14.2 Å². The lowest BCUT2D eigenvalue weighted by molar-refractivity contribution is -0.165. The highest BCUT2D eigenvalue weighted by Crippen LogP contribution is 2.56. The molecule has 4 nitrogen and oxygen atoms in total. The number of benzene rings is 1. The minimum atomic E-state index is -1.32. The summed E-state index contributed by atoms with van der Waals surface area (Å²) in [5.41, 5.74) is 1.40. The first-order valence-electron chi connectivity index (χ1n) is 6.82. The molecule has 1 aliphatic heterocycles. The highest BCUT2D eigenvalue weighted by Gasteiger charge is 2.75. The van der Waals surface area contributed by atoms with Crippen molar-refractivity contribution in [2.24, 2.45) is 5.92 Å². The van der Waals surface area contributed by atoms with Crippen LogP contribution in [0.2, 0.25) is 0 Å². The molecule has 0 saturated carbocycles. The van der Waals surface area contributed by atoms with Crippen LogP contribution in [0.15, 0.2) is 24.3 Å². The van der Waals surface area contributed by atoms with Crippen molar-refractivity contribution < 1.29 is 19.0 Å². The molecule has 2 unspecified atom stereocenters. The van der Waals surface area contributed by atoms with E-state index in [9.17, 15) is 4.79 Å². The highest BCUT2D eigenvalue weighted by atomic mass is 16.8. The van der Waals surface area contributed by atoms with Crippen LogP contribution in [0, 0.1) is 5.92 Å². The summed E-state index contributed by atoms with van der Waals surface area (Å²) >= 11 is 0. The van der Waals surface area contributed by atoms with Gasteiger partial charge in [0.25, 0.3) is 0 Å². The molecule has 0 N–H and O–H groups in total. The molecule has 0 amide bonds. The Hall–Kier alpha value is -1.39. The molecule has 20 heavy (non-hydrogen) atoms. The highest BCUT2D eigenvalue weighted by molar-refractivity contribution is 5.83. The lowest BCUT2D eigenvalue weighted by atomic mass is 9.92. The summed E-state index contributed by atoms with van der Waals surface area (Å²) in [5.74, 6) is -1.21. The van der Waals surface area contributed by atoms with Gasteiger partial charge in [0.1, 0.15) is 0 Å². The van der Waals surface area contributed by atoms with Crippen LogP contribution in [0.3, 0.4) is 0 Å². The van der Waals surface area contributed by atoms with Gasteiger partial charge in [-0.2, -0.15) is 0 Å². The number of esters is 1. The Bertz CT molecular complexity index is 494. The number of methoxy groups -OCH3 is 2. The predicted molar refractivity (Wildman–Crippen MR) is 75.2 cm³/mol. The largest absolute Gasteiger partial charge is 0.465 e. The summed E-state index contributed by atoms with van der Waals surface area (Å²) in [7, 11) is 2.78. The van der Waals surface area contributed by atoms with E-state index in [2.05, 4.69) is 26.0 Å². The van der Waals surface area contributed by atoms with E-state index in [0.717, 1.165) is 12.0 Å². The Labute approximate surface area is 120 Å². The molecular formula is C16H22O4. The number of hydrogen-bond acceptors (Lipinski definition) is 4. The van der Waals surface area contributed by atoms with Gasteiger partial charge in [-0.15, -0.1) is 0 Å². The monoisotopic (exact) mass is 278 g/mol. The molecule has 4 heteroatoms. The normalized spacial score (nSPS) is 28.5. The first kappa shape index (κ1) is 15.0. The van der Waals surface area contributed by atoms with Crippen LogP contribution in [-0.2, 0) is 31.0 Å². The van der Waals surface area contributed by atoms with Gasteiger partial charge < -0.3 is 14.2 Å². The van der Waals surface area contributed by atoms with E-state index in [1.54, 1.807) is 0 Å². The molecule has 1 aromatic carbocycles. The summed E-state index contributed by atoms with van der Waals surface area (Å²) in [4.78, 5) is 11.9. The molecule has 1 aromatic rings. The van der Waals surface area contributed by atoms with Crippen LogP contribution in [-0.4, -0.2) is 26.0 Å².